The van der Waals surface area contributed by atoms with Crippen molar-refractivity contribution < 1.29 is 4.21 Å². The molecule has 0 fully saturated rings. The zero-order valence-electron chi connectivity index (χ0n) is 9.19. The normalized spacial score (nSPS) is 13.1. The van der Waals surface area contributed by atoms with Crippen LogP contribution in [0.2, 0.25) is 0 Å². The summed E-state index contributed by atoms with van der Waals surface area (Å²) in [5.74, 6) is 0.594. The first kappa shape index (κ1) is 11.5. The first-order valence-corrected chi connectivity index (χ1v) is 7.07. The lowest BCUT2D eigenvalue weighted by atomic mass is 10.3. The van der Waals surface area contributed by atoms with Crippen molar-refractivity contribution in [1.82, 2.24) is 14.5 Å². The van der Waals surface area contributed by atoms with Gasteiger partial charge in [0, 0.05) is 35.5 Å². The van der Waals surface area contributed by atoms with E-state index < -0.39 is 10.8 Å². The highest BCUT2D eigenvalue weighted by atomic mass is 32.2. The topological polar surface area (TPSA) is 50.7 Å². The molecule has 6 heteroatoms. The van der Waals surface area contributed by atoms with Crippen LogP contribution in [0.3, 0.4) is 0 Å². The molecule has 0 saturated carbocycles. The van der Waals surface area contributed by atoms with Crippen molar-refractivity contribution >= 4 is 34.2 Å². The molecule has 0 amide bonds. The van der Waals surface area contributed by atoms with Gasteiger partial charge in [-0.15, -0.1) is 0 Å². The Labute approximate surface area is 101 Å². The number of hydrogen-bond acceptors (Lipinski definition) is 3. The maximum atomic E-state index is 11.1. The molecule has 16 heavy (non-hydrogen) atoms. The SMILES string of the molecule is Cc1ccnc2c1[nH]c(=S)n2CCS(C)=O. The Hall–Kier alpha value is -1.01. The lowest BCUT2D eigenvalue weighted by Gasteiger charge is -2.01. The van der Waals surface area contributed by atoms with Crippen LogP contribution in [0.5, 0.6) is 0 Å². The second-order valence-electron chi connectivity index (χ2n) is 3.69. The molecule has 0 bridgehead atoms. The van der Waals surface area contributed by atoms with Gasteiger partial charge >= 0.3 is 0 Å². The third kappa shape index (κ3) is 2.08. The highest BCUT2D eigenvalue weighted by Gasteiger charge is 2.07. The molecule has 4 nitrogen and oxygen atoms in total. The Kier molecular flexibility index (Phi) is 3.20. The number of hydrogen-bond donors (Lipinski definition) is 1. The van der Waals surface area contributed by atoms with Gasteiger partial charge in [-0.25, -0.2) is 4.98 Å². The number of aryl methyl sites for hydroxylation is 2. The van der Waals surface area contributed by atoms with Gasteiger partial charge in [0.15, 0.2) is 10.4 Å². The molecule has 2 heterocycles. The van der Waals surface area contributed by atoms with Gasteiger partial charge in [-0.1, -0.05) is 0 Å². The fraction of sp³-hybridized carbons (Fsp3) is 0.400. The predicted molar refractivity (Wildman–Crippen MR) is 68.6 cm³/mol. The quantitative estimate of drug-likeness (QED) is 0.851. The average Bonchev–Trinajstić information content (AvgIpc) is 2.53. The average molecular weight is 255 g/mol. The number of aromatic nitrogens is 3. The monoisotopic (exact) mass is 255 g/mol. The lowest BCUT2D eigenvalue weighted by molar-refractivity contribution is 0.678. The molecule has 1 atom stereocenters. The van der Waals surface area contributed by atoms with Crippen molar-refractivity contribution in [2.75, 3.05) is 12.0 Å². The van der Waals surface area contributed by atoms with E-state index in [0.717, 1.165) is 16.7 Å². The molecule has 2 rings (SSSR count). The molecule has 0 saturated heterocycles. The van der Waals surface area contributed by atoms with Gasteiger partial charge in [0.25, 0.3) is 0 Å². The minimum atomic E-state index is -0.816. The summed E-state index contributed by atoms with van der Waals surface area (Å²) in [5.41, 5.74) is 2.93. The van der Waals surface area contributed by atoms with Crippen LogP contribution in [0.15, 0.2) is 12.3 Å². The Morgan fingerprint density at radius 1 is 1.62 bits per heavy atom. The molecule has 0 spiro atoms. The molecule has 2 aromatic rings. The van der Waals surface area contributed by atoms with Crippen LogP contribution in [0.1, 0.15) is 5.56 Å². The van der Waals surface area contributed by atoms with Gasteiger partial charge in [0.05, 0.1) is 5.52 Å². The number of nitrogens with one attached hydrogen (secondary N) is 1. The molecule has 0 aliphatic heterocycles. The molecule has 0 radical (unpaired) electrons. The number of nitrogens with zero attached hydrogens (tertiary/aromatic N) is 2. The summed E-state index contributed by atoms with van der Waals surface area (Å²) in [6.45, 7) is 2.65. The van der Waals surface area contributed by atoms with E-state index in [-0.39, 0.29) is 0 Å². The summed E-state index contributed by atoms with van der Waals surface area (Å²) in [6.07, 6.45) is 3.46. The van der Waals surface area contributed by atoms with Gasteiger partial charge in [0.2, 0.25) is 0 Å². The first-order valence-electron chi connectivity index (χ1n) is 4.93. The summed E-state index contributed by atoms with van der Waals surface area (Å²) in [4.78, 5) is 7.44. The molecule has 86 valence electrons. The number of aromatic amines is 1. The summed E-state index contributed by atoms with van der Waals surface area (Å²) in [7, 11) is -0.816. The lowest BCUT2D eigenvalue weighted by Crippen LogP contribution is -2.07. The van der Waals surface area contributed by atoms with E-state index in [0.29, 0.717) is 17.1 Å². The zero-order chi connectivity index (χ0) is 11.7. The van der Waals surface area contributed by atoms with Crippen molar-refractivity contribution in [3.63, 3.8) is 0 Å². The minimum Gasteiger partial charge on any atom is -0.329 e. The van der Waals surface area contributed by atoms with Gasteiger partial charge in [-0.2, -0.15) is 0 Å². The van der Waals surface area contributed by atoms with Gasteiger partial charge < -0.3 is 9.55 Å². The predicted octanol–water partition coefficient (Wildman–Crippen LogP) is 1.78. The molecule has 0 aliphatic rings. The van der Waals surface area contributed by atoms with Crippen molar-refractivity contribution in [1.29, 1.82) is 0 Å². The zero-order valence-corrected chi connectivity index (χ0v) is 10.8. The minimum absolute atomic E-state index is 0.594. The number of pyridine rings is 1. The molecular weight excluding hydrogens is 242 g/mol. The molecule has 0 aliphatic carbocycles. The number of fused-ring (bicyclic) bond motifs is 1. The van der Waals surface area contributed by atoms with Gasteiger partial charge in [-0.3, -0.25) is 4.21 Å². The maximum absolute atomic E-state index is 11.1. The highest BCUT2D eigenvalue weighted by molar-refractivity contribution is 7.84. The first-order chi connectivity index (χ1) is 7.59. The van der Waals surface area contributed by atoms with Gasteiger partial charge in [-0.05, 0) is 30.8 Å². The van der Waals surface area contributed by atoms with E-state index in [1.54, 1.807) is 12.5 Å². The van der Waals surface area contributed by atoms with E-state index in [2.05, 4.69) is 9.97 Å². The van der Waals surface area contributed by atoms with Crippen LogP contribution in [-0.2, 0) is 17.3 Å². The second-order valence-corrected chi connectivity index (χ2v) is 5.63. The van der Waals surface area contributed by atoms with E-state index in [9.17, 15) is 4.21 Å². The van der Waals surface area contributed by atoms with Crippen molar-refractivity contribution in [2.45, 2.75) is 13.5 Å². The number of H-pyrrole nitrogens is 1. The van der Waals surface area contributed by atoms with Crippen LogP contribution in [-0.4, -0.2) is 30.8 Å². The summed E-state index contributed by atoms with van der Waals surface area (Å²) in [6, 6.07) is 1.94. The largest absolute Gasteiger partial charge is 0.329 e. The Morgan fingerprint density at radius 3 is 3.06 bits per heavy atom. The molecule has 1 unspecified atom stereocenters. The van der Waals surface area contributed by atoms with Crippen LogP contribution < -0.4 is 0 Å². The van der Waals surface area contributed by atoms with E-state index in [1.165, 1.54) is 0 Å². The van der Waals surface area contributed by atoms with Crippen LogP contribution in [0.4, 0.5) is 0 Å². The van der Waals surface area contributed by atoms with Crippen LogP contribution in [0, 0.1) is 11.7 Å². The Bertz CT molecular complexity index is 600. The third-order valence-corrected chi connectivity index (χ3v) is 3.55. The van der Waals surface area contributed by atoms with Gasteiger partial charge in [0.1, 0.15) is 0 Å². The molecular formula is C10H13N3OS2. The van der Waals surface area contributed by atoms with Crippen molar-refractivity contribution in [3.8, 4) is 0 Å². The highest BCUT2D eigenvalue weighted by Crippen LogP contribution is 2.14. The number of rotatable bonds is 3. The van der Waals surface area contributed by atoms with Crippen molar-refractivity contribution in [2.24, 2.45) is 0 Å². The standard InChI is InChI=1S/C10H13N3OS2/c1-7-3-4-11-9-8(7)12-10(15)13(9)5-6-16(2)14/h3-4H,5-6H2,1-2H3,(H,12,15). The fourth-order valence-corrected chi connectivity index (χ4v) is 2.32. The van der Waals surface area contributed by atoms with Crippen molar-refractivity contribution in [3.05, 3.63) is 22.6 Å². The van der Waals surface area contributed by atoms with Crippen LogP contribution in [0.25, 0.3) is 11.2 Å². The van der Waals surface area contributed by atoms with E-state index in [4.69, 9.17) is 12.2 Å². The number of imidazole rings is 1. The summed E-state index contributed by atoms with van der Waals surface area (Å²) in [5, 5.41) is 0. The Balaban J connectivity index is 2.52. The maximum Gasteiger partial charge on any atom is 0.179 e. The van der Waals surface area contributed by atoms with E-state index >= 15 is 0 Å². The summed E-state index contributed by atoms with van der Waals surface area (Å²) >= 11 is 5.23. The van der Waals surface area contributed by atoms with Crippen LogP contribution >= 0.6 is 12.2 Å². The second kappa shape index (κ2) is 4.47. The molecule has 0 aromatic carbocycles. The smallest absolute Gasteiger partial charge is 0.179 e. The summed E-state index contributed by atoms with van der Waals surface area (Å²) < 4.78 is 13.6. The fourth-order valence-electron chi connectivity index (χ4n) is 1.60. The third-order valence-electron chi connectivity index (χ3n) is 2.47. The van der Waals surface area contributed by atoms with E-state index in [1.807, 2.05) is 17.6 Å². The molecule has 2 aromatic heterocycles. The Morgan fingerprint density at radius 2 is 2.38 bits per heavy atom. The molecule has 1 N–H and O–H groups in total.